The Morgan fingerprint density at radius 3 is 2.47 bits per heavy atom. The Morgan fingerprint density at radius 1 is 1.32 bits per heavy atom. The van der Waals surface area contributed by atoms with Gasteiger partial charge in [-0.25, -0.2) is 4.39 Å². The Morgan fingerprint density at radius 2 is 1.95 bits per heavy atom. The minimum Gasteiger partial charge on any atom is -0.207 e. The van der Waals surface area contributed by atoms with E-state index in [1.54, 1.807) is 12.1 Å². The molecule has 19 heavy (non-hydrogen) atoms. The molecule has 0 unspecified atom stereocenters. The molecular weight excluding hydrogens is 263 g/mol. The van der Waals surface area contributed by atoms with Crippen LogP contribution in [0.4, 0.5) is 4.39 Å². The van der Waals surface area contributed by atoms with Gasteiger partial charge in [-0.05, 0) is 32.4 Å². The largest absolute Gasteiger partial charge is 0.207 e. The Kier molecular flexibility index (Phi) is 3.73. The molecule has 0 aromatic heterocycles. The molecular formula is C15H14ClFN2. The Balaban J connectivity index is 2.47. The second-order valence-corrected chi connectivity index (χ2v) is 5.12. The molecule has 0 N–H and O–H groups in total. The van der Waals surface area contributed by atoms with E-state index in [1.165, 1.54) is 6.07 Å². The summed E-state index contributed by atoms with van der Waals surface area (Å²) in [5, 5.41) is 8.58. The van der Waals surface area contributed by atoms with Gasteiger partial charge in [0.15, 0.2) is 0 Å². The van der Waals surface area contributed by atoms with Crippen LogP contribution in [-0.4, -0.2) is 11.4 Å². The van der Waals surface area contributed by atoms with Crippen molar-refractivity contribution in [2.24, 2.45) is 15.6 Å². The molecule has 0 saturated heterocycles. The van der Waals surface area contributed by atoms with Gasteiger partial charge in [-0.2, -0.15) is 10.2 Å². The summed E-state index contributed by atoms with van der Waals surface area (Å²) in [6, 6.07) is 4.67. The number of benzene rings is 1. The summed E-state index contributed by atoms with van der Waals surface area (Å²) in [5.74, 6) is 2.32. The zero-order chi connectivity index (χ0) is 14.0. The lowest BCUT2D eigenvalue weighted by Crippen LogP contribution is -2.36. The summed E-state index contributed by atoms with van der Waals surface area (Å²) in [4.78, 5) is 0. The van der Waals surface area contributed by atoms with Crippen LogP contribution in [0.3, 0.4) is 0 Å². The maximum Gasteiger partial charge on any atom is 0.127 e. The lowest BCUT2D eigenvalue weighted by atomic mass is 9.72. The van der Waals surface area contributed by atoms with E-state index < -0.39 is 5.41 Å². The van der Waals surface area contributed by atoms with Crippen molar-refractivity contribution in [1.82, 2.24) is 0 Å². The maximum atomic E-state index is 14.0. The normalized spacial score (nSPS) is 16.8. The molecule has 1 aromatic rings. The lowest BCUT2D eigenvalue weighted by Gasteiger charge is -2.28. The molecule has 2 nitrogen and oxygen atoms in total. The molecule has 0 fully saturated rings. The Bertz CT molecular complexity index is 573. The third-order valence-electron chi connectivity index (χ3n) is 3.68. The zero-order valence-corrected chi connectivity index (χ0v) is 11.6. The molecule has 0 bridgehead atoms. The predicted octanol–water partition coefficient (Wildman–Crippen LogP) is 3.88. The van der Waals surface area contributed by atoms with Gasteiger partial charge in [0.05, 0.1) is 16.8 Å². The number of hydrogen-bond donors (Lipinski definition) is 0. The summed E-state index contributed by atoms with van der Waals surface area (Å²) >= 11 is 6.09. The van der Waals surface area contributed by atoms with Gasteiger partial charge in [-0.1, -0.05) is 17.7 Å². The average molecular weight is 277 g/mol. The standard InChI is InChI=1S/C15H14ClFN2/c1-4-8-15(10(2)18-19-11(15)3)9-12-13(16)6-5-7-14(12)17/h1,5-7H,8-9H2,2-3H3. The first-order valence-electron chi connectivity index (χ1n) is 5.97. The van der Waals surface area contributed by atoms with E-state index in [-0.39, 0.29) is 5.82 Å². The molecule has 1 aliphatic rings. The average Bonchev–Trinajstić information content (AvgIpc) is 2.63. The number of terminal acetylenes is 1. The molecule has 0 aliphatic carbocycles. The first-order chi connectivity index (χ1) is 9.01. The van der Waals surface area contributed by atoms with E-state index in [0.717, 1.165) is 11.4 Å². The second kappa shape index (κ2) is 5.14. The highest BCUT2D eigenvalue weighted by atomic mass is 35.5. The van der Waals surface area contributed by atoms with Gasteiger partial charge in [-0.3, -0.25) is 0 Å². The van der Waals surface area contributed by atoms with Crippen LogP contribution in [0.15, 0.2) is 28.4 Å². The summed E-state index contributed by atoms with van der Waals surface area (Å²) in [6.45, 7) is 3.73. The molecule has 1 heterocycles. The van der Waals surface area contributed by atoms with Crippen LogP contribution < -0.4 is 0 Å². The van der Waals surface area contributed by atoms with Gasteiger partial charge in [0.1, 0.15) is 5.82 Å². The molecule has 4 heteroatoms. The van der Waals surface area contributed by atoms with E-state index in [4.69, 9.17) is 18.0 Å². The second-order valence-electron chi connectivity index (χ2n) is 4.71. The molecule has 0 spiro atoms. The highest BCUT2D eigenvalue weighted by molar-refractivity contribution is 6.31. The summed E-state index contributed by atoms with van der Waals surface area (Å²) in [6.07, 6.45) is 6.28. The summed E-state index contributed by atoms with van der Waals surface area (Å²) in [7, 11) is 0. The molecule has 1 aromatic carbocycles. The summed E-state index contributed by atoms with van der Waals surface area (Å²) < 4.78 is 14.0. The van der Waals surface area contributed by atoms with Crippen molar-refractivity contribution >= 4 is 23.0 Å². The quantitative estimate of drug-likeness (QED) is 0.749. The fraction of sp³-hybridized carbons (Fsp3) is 0.333. The van der Waals surface area contributed by atoms with Crippen LogP contribution in [0.2, 0.25) is 5.02 Å². The van der Waals surface area contributed by atoms with Crippen molar-refractivity contribution in [2.75, 3.05) is 0 Å². The van der Waals surface area contributed by atoms with Crippen molar-refractivity contribution in [1.29, 1.82) is 0 Å². The van der Waals surface area contributed by atoms with Crippen LogP contribution >= 0.6 is 11.6 Å². The highest BCUT2D eigenvalue weighted by Gasteiger charge is 2.40. The monoisotopic (exact) mass is 276 g/mol. The highest BCUT2D eigenvalue weighted by Crippen LogP contribution is 2.37. The van der Waals surface area contributed by atoms with Crippen LogP contribution in [0.25, 0.3) is 0 Å². The fourth-order valence-corrected chi connectivity index (χ4v) is 2.58. The van der Waals surface area contributed by atoms with E-state index >= 15 is 0 Å². The molecule has 0 saturated carbocycles. The summed E-state index contributed by atoms with van der Waals surface area (Å²) in [5.41, 5.74) is 1.57. The van der Waals surface area contributed by atoms with Crippen molar-refractivity contribution in [3.63, 3.8) is 0 Å². The van der Waals surface area contributed by atoms with E-state index in [0.29, 0.717) is 23.4 Å². The molecule has 98 valence electrons. The molecule has 1 aliphatic heterocycles. The third kappa shape index (κ3) is 2.29. The van der Waals surface area contributed by atoms with Gasteiger partial charge in [0.2, 0.25) is 0 Å². The fourth-order valence-electron chi connectivity index (χ4n) is 2.35. The molecule has 0 amide bonds. The van der Waals surface area contributed by atoms with Gasteiger partial charge in [0.25, 0.3) is 0 Å². The van der Waals surface area contributed by atoms with Crippen LogP contribution in [0.1, 0.15) is 25.8 Å². The van der Waals surface area contributed by atoms with Gasteiger partial charge in [0, 0.05) is 17.0 Å². The lowest BCUT2D eigenvalue weighted by molar-refractivity contribution is 0.550. The molecule has 2 rings (SSSR count). The Labute approximate surface area is 117 Å². The van der Waals surface area contributed by atoms with Crippen molar-refractivity contribution in [3.05, 3.63) is 34.6 Å². The van der Waals surface area contributed by atoms with Gasteiger partial charge in [-0.15, -0.1) is 12.3 Å². The van der Waals surface area contributed by atoms with E-state index in [1.807, 2.05) is 13.8 Å². The number of halogens is 2. The first kappa shape index (κ1) is 13.8. The predicted molar refractivity (Wildman–Crippen MR) is 77.2 cm³/mol. The molecule has 0 atom stereocenters. The smallest absolute Gasteiger partial charge is 0.127 e. The van der Waals surface area contributed by atoms with Crippen LogP contribution in [0.5, 0.6) is 0 Å². The van der Waals surface area contributed by atoms with Crippen molar-refractivity contribution in [3.8, 4) is 12.3 Å². The van der Waals surface area contributed by atoms with E-state index in [9.17, 15) is 4.39 Å². The zero-order valence-electron chi connectivity index (χ0n) is 10.9. The first-order valence-corrected chi connectivity index (χ1v) is 6.35. The van der Waals surface area contributed by atoms with Gasteiger partial charge >= 0.3 is 0 Å². The maximum absolute atomic E-state index is 14.0. The number of nitrogens with zero attached hydrogens (tertiary/aromatic N) is 2. The Hall–Kier alpha value is -1.66. The van der Waals surface area contributed by atoms with E-state index in [2.05, 4.69) is 16.1 Å². The van der Waals surface area contributed by atoms with Crippen LogP contribution in [-0.2, 0) is 6.42 Å². The number of hydrogen-bond acceptors (Lipinski definition) is 2. The van der Waals surface area contributed by atoms with Crippen molar-refractivity contribution in [2.45, 2.75) is 26.7 Å². The van der Waals surface area contributed by atoms with Crippen molar-refractivity contribution < 1.29 is 4.39 Å². The minimum atomic E-state index is -0.513. The minimum absolute atomic E-state index is 0.323. The third-order valence-corrected chi connectivity index (χ3v) is 4.03. The van der Waals surface area contributed by atoms with Gasteiger partial charge < -0.3 is 0 Å². The van der Waals surface area contributed by atoms with Crippen LogP contribution in [0, 0.1) is 23.6 Å². The number of rotatable bonds is 3. The molecule has 0 radical (unpaired) electrons. The SMILES string of the molecule is C#CCC1(Cc2c(F)cccc2Cl)C(C)=NN=C1C. The topological polar surface area (TPSA) is 24.7 Å².